The Morgan fingerprint density at radius 2 is 2.00 bits per heavy atom. The van der Waals surface area contributed by atoms with E-state index in [-0.39, 0.29) is 11.2 Å². The van der Waals surface area contributed by atoms with Crippen LogP contribution in [0.3, 0.4) is 0 Å². The number of methoxy groups -OCH3 is 2. The molecule has 0 bridgehead atoms. The van der Waals surface area contributed by atoms with Crippen LogP contribution in [0.5, 0.6) is 11.5 Å². The first-order valence-corrected chi connectivity index (χ1v) is 8.82. The maximum atomic E-state index is 12.0. The second-order valence-corrected chi connectivity index (χ2v) is 7.13. The molecule has 7 nitrogen and oxygen atoms in total. The summed E-state index contributed by atoms with van der Waals surface area (Å²) in [5.74, 6) is 1.92. The number of hydrogen-bond donors (Lipinski definition) is 1. The summed E-state index contributed by atoms with van der Waals surface area (Å²) in [6, 6.07) is 5.32. The lowest BCUT2D eigenvalue weighted by molar-refractivity contribution is -0.120. The van der Waals surface area contributed by atoms with E-state index < -0.39 is 0 Å². The topological polar surface area (TPSA) is 86.5 Å². The predicted octanol–water partition coefficient (Wildman–Crippen LogP) is 3.01. The number of amides is 1. The third-order valence-electron chi connectivity index (χ3n) is 3.38. The molecule has 0 spiro atoms. The molecule has 25 heavy (non-hydrogen) atoms. The summed E-state index contributed by atoms with van der Waals surface area (Å²) in [4.78, 5) is 12.0. The van der Waals surface area contributed by atoms with Crippen molar-refractivity contribution in [2.45, 2.75) is 31.2 Å². The Morgan fingerprint density at radius 1 is 1.24 bits per heavy atom. The molecular formula is C17H23N3O4S. The Labute approximate surface area is 151 Å². The Bertz CT molecular complexity index is 718. The average Bonchev–Trinajstić information content (AvgIpc) is 3.06. The number of thioether (sulfide) groups is 1. The van der Waals surface area contributed by atoms with Crippen molar-refractivity contribution in [1.29, 1.82) is 0 Å². The van der Waals surface area contributed by atoms with Gasteiger partial charge in [0.25, 0.3) is 11.1 Å². The molecule has 0 unspecified atom stereocenters. The van der Waals surface area contributed by atoms with Crippen LogP contribution in [0, 0.1) is 5.92 Å². The van der Waals surface area contributed by atoms with E-state index in [1.807, 2.05) is 13.8 Å². The molecule has 1 heterocycles. The van der Waals surface area contributed by atoms with Crippen molar-refractivity contribution < 1.29 is 18.7 Å². The quantitative estimate of drug-likeness (QED) is 0.720. The molecule has 2 aromatic rings. The molecule has 1 aromatic carbocycles. The van der Waals surface area contributed by atoms with Crippen LogP contribution in [0.1, 0.15) is 20.8 Å². The van der Waals surface area contributed by atoms with Crippen molar-refractivity contribution in [2.24, 2.45) is 5.92 Å². The van der Waals surface area contributed by atoms with Crippen molar-refractivity contribution in [3.8, 4) is 23.0 Å². The molecule has 0 radical (unpaired) electrons. The van der Waals surface area contributed by atoms with Gasteiger partial charge in [-0.15, -0.1) is 10.2 Å². The Hall–Kier alpha value is -2.22. The highest BCUT2D eigenvalue weighted by atomic mass is 32.2. The first-order chi connectivity index (χ1) is 11.9. The molecule has 2 rings (SSSR count). The summed E-state index contributed by atoms with van der Waals surface area (Å²) in [5, 5.41) is 10.9. The maximum Gasteiger partial charge on any atom is 0.277 e. The van der Waals surface area contributed by atoms with Gasteiger partial charge in [-0.2, -0.15) is 0 Å². The minimum absolute atomic E-state index is 0.0551. The van der Waals surface area contributed by atoms with Crippen molar-refractivity contribution in [2.75, 3.05) is 20.8 Å². The van der Waals surface area contributed by atoms with Gasteiger partial charge in [0, 0.05) is 12.6 Å². The van der Waals surface area contributed by atoms with Crippen LogP contribution in [0.25, 0.3) is 11.5 Å². The molecule has 1 aromatic heterocycles. The van der Waals surface area contributed by atoms with Crippen LogP contribution < -0.4 is 14.8 Å². The molecule has 0 aliphatic heterocycles. The maximum absolute atomic E-state index is 12.0. The first-order valence-electron chi connectivity index (χ1n) is 7.94. The second kappa shape index (κ2) is 8.75. The number of carbonyl (C=O) groups is 1. The Kier molecular flexibility index (Phi) is 6.69. The number of rotatable bonds is 8. The molecule has 8 heteroatoms. The fourth-order valence-corrected chi connectivity index (χ4v) is 2.70. The monoisotopic (exact) mass is 365 g/mol. The first kappa shape index (κ1) is 19.1. The molecule has 0 saturated carbocycles. The van der Waals surface area contributed by atoms with Crippen LogP contribution in [0.4, 0.5) is 0 Å². The lowest BCUT2D eigenvalue weighted by atomic mass is 10.2. The molecule has 1 N–H and O–H groups in total. The van der Waals surface area contributed by atoms with Crippen molar-refractivity contribution in [3.05, 3.63) is 18.2 Å². The zero-order chi connectivity index (χ0) is 18.4. The van der Waals surface area contributed by atoms with Gasteiger partial charge in [-0.3, -0.25) is 4.79 Å². The third-order valence-corrected chi connectivity index (χ3v) is 4.31. The summed E-state index contributed by atoms with van der Waals surface area (Å²) in [6.45, 7) is 6.54. The third kappa shape index (κ3) is 5.12. The van der Waals surface area contributed by atoms with Crippen molar-refractivity contribution in [1.82, 2.24) is 15.5 Å². The zero-order valence-corrected chi connectivity index (χ0v) is 15.8. The number of nitrogens with zero attached hydrogens (tertiary/aromatic N) is 2. The fourth-order valence-electron chi connectivity index (χ4n) is 1.99. The Morgan fingerprint density at radius 3 is 2.64 bits per heavy atom. The molecule has 0 aliphatic carbocycles. The van der Waals surface area contributed by atoms with Gasteiger partial charge >= 0.3 is 0 Å². The highest BCUT2D eigenvalue weighted by Gasteiger charge is 2.20. The van der Waals surface area contributed by atoms with Gasteiger partial charge in [0.05, 0.1) is 25.0 Å². The van der Waals surface area contributed by atoms with Crippen LogP contribution in [-0.2, 0) is 4.79 Å². The highest BCUT2D eigenvalue weighted by Crippen LogP contribution is 2.34. The van der Waals surface area contributed by atoms with E-state index in [4.69, 9.17) is 13.9 Å². The molecule has 0 aliphatic rings. The Balaban J connectivity index is 2.08. The van der Waals surface area contributed by atoms with E-state index >= 15 is 0 Å². The number of benzene rings is 1. The van der Waals surface area contributed by atoms with E-state index in [0.717, 1.165) is 0 Å². The minimum atomic E-state index is -0.329. The SMILES string of the molecule is COc1ccc(-c2nnc(S[C@H](C)C(=O)NCC(C)C)o2)c(OC)c1. The molecule has 1 atom stereocenters. The van der Waals surface area contributed by atoms with Crippen LogP contribution >= 0.6 is 11.8 Å². The summed E-state index contributed by atoms with van der Waals surface area (Å²) in [7, 11) is 3.15. The van der Waals surface area contributed by atoms with Gasteiger partial charge in [0.1, 0.15) is 11.5 Å². The van der Waals surface area contributed by atoms with Gasteiger partial charge in [-0.25, -0.2) is 0 Å². The molecule has 0 saturated heterocycles. The van der Waals surface area contributed by atoms with Gasteiger partial charge in [0.2, 0.25) is 5.91 Å². The van der Waals surface area contributed by atoms with Gasteiger partial charge in [0.15, 0.2) is 0 Å². The van der Waals surface area contributed by atoms with Gasteiger partial charge < -0.3 is 19.2 Å². The molecule has 0 fully saturated rings. The summed E-state index contributed by atoms with van der Waals surface area (Å²) in [6.07, 6.45) is 0. The summed E-state index contributed by atoms with van der Waals surface area (Å²) >= 11 is 1.22. The predicted molar refractivity (Wildman–Crippen MR) is 96.0 cm³/mol. The number of ether oxygens (including phenoxy) is 2. The number of nitrogens with one attached hydrogen (secondary N) is 1. The second-order valence-electron chi connectivity index (χ2n) is 5.84. The molecular weight excluding hydrogens is 342 g/mol. The standard InChI is InChI=1S/C17H23N3O4S/c1-10(2)9-18-15(21)11(3)25-17-20-19-16(24-17)13-7-6-12(22-4)8-14(13)23-5/h6-8,10-11H,9H2,1-5H3,(H,18,21)/t11-/m1/s1. The number of aromatic nitrogens is 2. The van der Waals surface area contributed by atoms with Crippen LogP contribution in [0.2, 0.25) is 0 Å². The summed E-state index contributed by atoms with van der Waals surface area (Å²) in [5.41, 5.74) is 0.666. The molecule has 1 amide bonds. The van der Waals surface area contributed by atoms with E-state index in [9.17, 15) is 4.79 Å². The van der Waals surface area contributed by atoms with Crippen LogP contribution in [0.15, 0.2) is 27.8 Å². The van der Waals surface area contributed by atoms with E-state index in [1.165, 1.54) is 11.8 Å². The average molecular weight is 365 g/mol. The number of carbonyl (C=O) groups excluding carboxylic acids is 1. The normalized spacial score (nSPS) is 12.1. The van der Waals surface area contributed by atoms with Gasteiger partial charge in [-0.1, -0.05) is 25.6 Å². The smallest absolute Gasteiger partial charge is 0.277 e. The summed E-state index contributed by atoms with van der Waals surface area (Å²) < 4.78 is 16.2. The van der Waals surface area contributed by atoms with E-state index in [2.05, 4.69) is 15.5 Å². The highest BCUT2D eigenvalue weighted by molar-refractivity contribution is 8.00. The lowest BCUT2D eigenvalue weighted by Gasteiger charge is -2.11. The van der Waals surface area contributed by atoms with Crippen LogP contribution in [-0.4, -0.2) is 42.1 Å². The van der Waals surface area contributed by atoms with Crippen molar-refractivity contribution >= 4 is 17.7 Å². The fraction of sp³-hybridized carbons (Fsp3) is 0.471. The number of hydrogen-bond acceptors (Lipinski definition) is 7. The van der Waals surface area contributed by atoms with Gasteiger partial charge in [-0.05, 0) is 25.0 Å². The lowest BCUT2D eigenvalue weighted by Crippen LogP contribution is -2.33. The van der Waals surface area contributed by atoms with E-state index in [1.54, 1.807) is 39.3 Å². The van der Waals surface area contributed by atoms with Crippen molar-refractivity contribution in [3.63, 3.8) is 0 Å². The minimum Gasteiger partial charge on any atom is -0.497 e. The van der Waals surface area contributed by atoms with E-state index in [0.29, 0.717) is 40.6 Å². The largest absolute Gasteiger partial charge is 0.497 e. The zero-order valence-electron chi connectivity index (χ0n) is 15.0. The molecule has 136 valence electrons.